The van der Waals surface area contributed by atoms with Gasteiger partial charge in [-0.25, -0.2) is 0 Å². The van der Waals surface area contributed by atoms with Crippen molar-refractivity contribution >= 4 is 58.1 Å². The second-order valence-corrected chi connectivity index (χ2v) is 6.09. The van der Waals surface area contributed by atoms with E-state index in [1.807, 2.05) is 54.6 Å². The molecule has 0 spiro atoms. The summed E-state index contributed by atoms with van der Waals surface area (Å²) in [4.78, 5) is 3.29. The molecule has 2 heterocycles. The van der Waals surface area contributed by atoms with Crippen LogP contribution in [0.15, 0.2) is 52.9 Å². The van der Waals surface area contributed by atoms with E-state index in [2.05, 4.69) is 4.98 Å². The number of hydrogen-bond donors (Lipinski definition) is 5. The molecule has 0 aliphatic heterocycles. The van der Waals surface area contributed by atoms with Crippen molar-refractivity contribution in [1.82, 2.24) is 4.98 Å². The molecule has 0 amide bonds. The lowest BCUT2D eigenvalue weighted by Gasteiger charge is -1.96. The largest absolute Gasteiger partial charge is 0.457 e. The first kappa shape index (κ1) is 18.3. The molecule has 0 radical (unpaired) electrons. The van der Waals surface area contributed by atoms with Crippen molar-refractivity contribution < 1.29 is 4.42 Å². The van der Waals surface area contributed by atoms with Crippen molar-refractivity contribution in [2.45, 2.75) is 0 Å². The Morgan fingerprint density at radius 3 is 2.30 bits per heavy atom. The molecule has 4 aromatic rings. The van der Waals surface area contributed by atoms with Crippen LogP contribution in [0.1, 0.15) is 22.6 Å². The Morgan fingerprint density at radius 1 is 0.852 bits per heavy atom. The smallest absolute Gasteiger partial charge is 0.134 e. The highest BCUT2D eigenvalue weighted by atomic mass is 35.5. The highest BCUT2D eigenvalue weighted by Gasteiger charge is 2.05. The molecule has 2 aromatic carbocycles. The van der Waals surface area contributed by atoms with Gasteiger partial charge in [0.15, 0.2) is 0 Å². The second kappa shape index (κ2) is 7.01. The number of nitrogen functional groups attached to an aromatic ring is 2. The Labute approximate surface area is 161 Å². The lowest BCUT2D eigenvalue weighted by atomic mass is 10.1. The zero-order valence-corrected chi connectivity index (χ0v) is 15.1. The molecule has 0 fully saturated rings. The minimum atomic E-state index is 0. The number of halogens is 1. The topological polar surface area (TPSA) is 129 Å². The number of H-pyrrole nitrogens is 1. The molecule has 27 heavy (non-hydrogen) atoms. The Morgan fingerprint density at radius 2 is 1.56 bits per heavy atom. The first-order chi connectivity index (χ1) is 12.5. The summed E-state index contributed by atoms with van der Waals surface area (Å²) in [5.74, 6) is 0.794. The number of aromatic nitrogens is 1. The fourth-order valence-electron chi connectivity index (χ4n) is 2.89. The molecule has 4 rings (SSSR count). The van der Waals surface area contributed by atoms with Gasteiger partial charge in [0.25, 0.3) is 0 Å². The van der Waals surface area contributed by atoms with Gasteiger partial charge in [0.05, 0.1) is 0 Å². The normalized spacial score (nSPS) is 11.1. The molecule has 136 valence electrons. The van der Waals surface area contributed by atoms with Crippen molar-refractivity contribution in [3.63, 3.8) is 0 Å². The van der Waals surface area contributed by atoms with Crippen LogP contribution < -0.4 is 11.5 Å². The number of amidine groups is 2. The lowest BCUT2D eigenvalue weighted by molar-refractivity contribution is 0.604. The van der Waals surface area contributed by atoms with Crippen molar-refractivity contribution in [1.29, 1.82) is 10.8 Å². The van der Waals surface area contributed by atoms with Gasteiger partial charge in [-0.2, -0.15) is 0 Å². The molecule has 7 N–H and O–H groups in total. The minimum absolute atomic E-state index is 0. The van der Waals surface area contributed by atoms with Gasteiger partial charge in [-0.05, 0) is 48.6 Å². The van der Waals surface area contributed by atoms with Crippen molar-refractivity contribution in [3.05, 3.63) is 71.1 Å². The van der Waals surface area contributed by atoms with E-state index in [-0.39, 0.29) is 24.1 Å². The third-order valence-corrected chi connectivity index (χ3v) is 4.23. The number of benzene rings is 2. The maximum absolute atomic E-state index is 7.52. The Hall–Kier alpha value is -3.51. The summed E-state index contributed by atoms with van der Waals surface area (Å²) in [5.41, 5.74) is 15.0. The van der Waals surface area contributed by atoms with Crippen molar-refractivity contribution in [3.8, 4) is 0 Å². The van der Waals surface area contributed by atoms with E-state index < -0.39 is 0 Å². The van der Waals surface area contributed by atoms with Crippen molar-refractivity contribution in [2.24, 2.45) is 11.5 Å². The van der Waals surface area contributed by atoms with Gasteiger partial charge in [-0.3, -0.25) is 10.8 Å². The first-order valence-corrected chi connectivity index (χ1v) is 8.03. The van der Waals surface area contributed by atoms with Gasteiger partial charge in [0, 0.05) is 33.1 Å². The SMILES string of the molecule is Cl.N=C(N)c1ccc2oc(/C=C/c3cc4ccc(C(=N)N)cc4[nH]3)cc2c1. The minimum Gasteiger partial charge on any atom is -0.457 e. The van der Waals surface area contributed by atoms with E-state index in [0.717, 1.165) is 27.6 Å². The van der Waals surface area contributed by atoms with E-state index in [9.17, 15) is 0 Å². The second-order valence-electron chi connectivity index (χ2n) is 6.09. The Balaban J connectivity index is 0.00000210. The van der Waals surface area contributed by atoms with Gasteiger partial charge >= 0.3 is 0 Å². The van der Waals surface area contributed by atoms with Gasteiger partial charge < -0.3 is 20.9 Å². The highest BCUT2D eigenvalue weighted by Crippen LogP contribution is 2.23. The number of rotatable bonds is 4. The predicted molar refractivity (Wildman–Crippen MR) is 113 cm³/mol. The summed E-state index contributed by atoms with van der Waals surface area (Å²) in [7, 11) is 0. The molecule has 6 nitrogen and oxygen atoms in total. The average Bonchev–Trinajstić information content (AvgIpc) is 3.21. The molecular formula is C20H18ClN5O. The summed E-state index contributed by atoms with van der Waals surface area (Å²) in [5, 5.41) is 17.0. The van der Waals surface area contributed by atoms with Crippen LogP contribution in [0.4, 0.5) is 0 Å². The van der Waals surface area contributed by atoms with Gasteiger partial charge in [-0.15, -0.1) is 12.4 Å². The maximum Gasteiger partial charge on any atom is 0.134 e. The van der Waals surface area contributed by atoms with E-state index in [0.29, 0.717) is 16.9 Å². The standard InChI is InChI=1S/C20H17N5O.ClH/c21-19(22)12-3-6-18-14(7-12)9-16(26-18)5-4-15-8-11-1-2-13(20(23)24)10-17(11)25-15;/h1-10,25H,(H3,21,22)(H3,23,24);1H/b5-4+;. The van der Waals surface area contributed by atoms with Crippen molar-refractivity contribution in [2.75, 3.05) is 0 Å². The monoisotopic (exact) mass is 379 g/mol. The highest BCUT2D eigenvalue weighted by molar-refractivity contribution is 5.99. The van der Waals surface area contributed by atoms with Crippen LogP contribution in [-0.2, 0) is 0 Å². The Bertz CT molecular complexity index is 1110. The molecule has 0 saturated carbocycles. The number of furan rings is 1. The maximum atomic E-state index is 7.52. The molecule has 0 bridgehead atoms. The van der Waals surface area contributed by atoms with Crippen LogP contribution in [0.2, 0.25) is 0 Å². The van der Waals surface area contributed by atoms with Crippen LogP contribution in [-0.4, -0.2) is 16.7 Å². The number of nitrogens with two attached hydrogens (primary N) is 2. The summed E-state index contributed by atoms with van der Waals surface area (Å²) in [6.07, 6.45) is 3.81. The summed E-state index contributed by atoms with van der Waals surface area (Å²) >= 11 is 0. The van der Waals surface area contributed by atoms with E-state index in [1.54, 1.807) is 6.07 Å². The molecule has 0 unspecified atom stereocenters. The van der Waals surface area contributed by atoms with E-state index >= 15 is 0 Å². The first-order valence-electron chi connectivity index (χ1n) is 8.03. The third kappa shape index (κ3) is 3.56. The van der Waals surface area contributed by atoms with Crippen LogP contribution in [0.25, 0.3) is 34.0 Å². The summed E-state index contributed by atoms with van der Waals surface area (Å²) < 4.78 is 5.79. The van der Waals surface area contributed by atoms with Crippen LogP contribution in [0.5, 0.6) is 0 Å². The number of aromatic amines is 1. The van der Waals surface area contributed by atoms with Crippen LogP contribution >= 0.6 is 12.4 Å². The van der Waals surface area contributed by atoms with Crippen LogP contribution in [0.3, 0.4) is 0 Å². The summed E-state index contributed by atoms with van der Waals surface area (Å²) in [6, 6.07) is 15.0. The van der Waals surface area contributed by atoms with Gasteiger partial charge in [0.2, 0.25) is 0 Å². The molecular weight excluding hydrogens is 362 g/mol. The number of fused-ring (bicyclic) bond motifs is 2. The Kier molecular flexibility index (Phi) is 4.75. The third-order valence-electron chi connectivity index (χ3n) is 4.23. The fourth-order valence-corrected chi connectivity index (χ4v) is 2.89. The van der Waals surface area contributed by atoms with E-state index in [1.165, 1.54) is 0 Å². The zero-order chi connectivity index (χ0) is 18.3. The molecule has 0 aliphatic carbocycles. The van der Waals surface area contributed by atoms with E-state index in [4.69, 9.17) is 26.7 Å². The van der Waals surface area contributed by atoms with Crippen LogP contribution in [0, 0.1) is 10.8 Å². The summed E-state index contributed by atoms with van der Waals surface area (Å²) in [6.45, 7) is 0. The quantitative estimate of drug-likeness (QED) is 0.270. The fraction of sp³-hybridized carbons (Fsp3) is 0. The van der Waals surface area contributed by atoms with Gasteiger partial charge in [0.1, 0.15) is 23.0 Å². The molecule has 0 atom stereocenters. The predicted octanol–water partition coefficient (Wildman–Crippen LogP) is 4.07. The lowest BCUT2D eigenvalue weighted by Crippen LogP contribution is -2.10. The molecule has 2 aromatic heterocycles. The molecule has 0 aliphatic rings. The molecule has 0 saturated heterocycles. The number of nitrogens with one attached hydrogen (secondary N) is 3. The molecule has 7 heteroatoms. The van der Waals surface area contributed by atoms with Gasteiger partial charge in [-0.1, -0.05) is 12.1 Å². The number of hydrogen-bond acceptors (Lipinski definition) is 3. The zero-order valence-electron chi connectivity index (χ0n) is 14.2. The average molecular weight is 380 g/mol.